The van der Waals surface area contributed by atoms with Crippen LogP contribution in [-0.4, -0.2) is 73.0 Å². The zero-order valence-electron chi connectivity index (χ0n) is 9.10. The van der Waals surface area contributed by atoms with Crippen LogP contribution in [0.4, 0.5) is 0 Å². The molecule has 3 N–H and O–H groups in total. The van der Waals surface area contributed by atoms with Gasteiger partial charge in [-0.3, -0.25) is 9.58 Å². The summed E-state index contributed by atoms with van der Waals surface area (Å²) in [6.07, 6.45) is -0.0636. The Hall–Kier alpha value is -1.51. The normalized spacial score (nSPS) is 25.3. The zero-order valence-corrected chi connectivity index (χ0v) is 9.10. The highest BCUT2D eigenvalue weighted by molar-refractivity contribution is 5.84. The first kappa shape index (κ1) is 12.0. The van der Waals surface area contributed by atoms with Gasteiger partial charge in [-0.05, 0) is 0 Å². The summed E-state index contributed by atoms with van der Waals surface area (Å²) >= 11 is 0. The van der Waals surface area contributed by atoms with Gasteiger partial charge in [0.05, 0.1) is 24.9 Å². The van der Waals surface area contributed by atoms with Crippen LogP contribution in [0.5, 0.6) is 0 Å². The Kier molecular flexibility index (Phi) is 3.36. The summed E-state index contributed by atoms with van der Waals surface area (Å²) < 4.78 is 1.43. The van der Waals surface area contributed by atoms with E-state index in [1.54, 1.807) is 0 Å². The van der Waals surface area contributed by atoms with E-state index in [1.165, 1.54) is 10.9 Å². The molecule has 0 radical (unpaired) electrons. The Morgan fingerprint density at radius 3 is 2.53 bits per heavy atom. The number of nitrogens with zero attached hydrogens (tertiary/aromatic N) is 4. The van der Waals surface area contributed by atoms with E-state index in [0.29, 0.717) is 26.2 Å². The quantitative estimate of drug-likeness (QED) is 0.560. The van der Waals surface area contributed by atoms with Crippen molar-refractivity contribution in [1.82, 2.24) is 19.9 Å². The van der Waals surface area contributed by atoms with Gasteiger partial charge >= 0.3 is 5.97 Å². The number of aromatic nitrogens is 3. The molecule has 0 aromatic carbocycles. The second-order valence-electron chi connectivity index (χ2n) is 4.07. The molecule has 0 bridgehead atoms. The van der Waals surface area contributed by atoms with Crippen LogP contribution in [-0.2, 0) is 6.54 Å². The highest BCUT2D eigenvalue weighted by Crippen LogP contribution is 2.09. The van der Waals surface area contributed by atoms with Crippen molar-refractivity contribution >= 4 is 5.97 Å². The van der Waals surface area contributed by atoms with Crippen molar-refractivity contribution in [2.24, 2.45) is 0 Å². The maximum Gasteiger partial charge on any atom is 0.358 e. The lowest BCUT2D eigenvalue weighted by molar-refractivity contribution is 0.0572. The summed E-state index contributed by atoms with van der Waals surface area (Å²) in [5.41, 5.74) is -0.0912. The third-order valence-corrected chi connectivity index (χ3v) is 2.74. The van der Waals surface area contributed by atoms with Gasteiger partial charge in [0.2, 0.25) is 0 Å². The zero-order chi connectivity index (χ0) is 12.4. The molecule has 0 amide bonds. The second kappa shape index (κ2) is 4.78. The first-order valence-electron chi connectivity index (χ1n) is 5.28. The predicted molar refractivity (Wildman–Crippen MR) is 55.4 cm³/mol. The minimum Gasteiger partial charge on any atom is -0.476 e. The van der Waals surface area contributed by atoms with E-state index < -0.39 is 18.2 Å². The van der Waals surface area contributed by atoms with Gasteiger partial charge in [0, 0.05) is 19.6 Å². The highest BCUT2D eigenvalue weighted by atomic mass is 16.4. The van der Waals surface area contributed by atoms with E-state index in [2.05, 4.69) is 10.3 Å². The van der Waals surface area contributed by atoms with Crippen molar-refractivity contribution in [2.75, 3.05) is 19.6 Å². The molecule has 1 aliphatic rings. The summed E-state index contributed by atoms with van der Waals surface area (Å²) in [7, 11) is 0. The first-order chi connectivity index (χ1) is 8.06. The molecule has 2 unspecified atom stereocenters. The monoisotopic (exact) mass is 242 g/mol. The molecule has 1 aliphatic heterocycles. The maximum absolute atomic E-state index is 10.6. The number of aliphatic hydroxyl groups excluding tert-OH is 2. The number of carboxylic acids is 1. The molecule has 0 saturated carbocycles. The van der Waals surface area contributed by atoms with E-state index in [-0.39, 0.29) is 5.69 Å². The van der Waals surface area contributed by atoms with E-state index in [4.69, 9.17) is 5.11 Å². The third kappa shape index (κ3) is 2.78. The summed E-state index contributed by atoms with van der Waals surface area (Å²) in [6.45, 7) is 1.89. The Bertz CT molecular complexity index is 397. The van der Waals surface area contributed by atoms with Gasteiger partial charge in [-0.25, -0.2) is 4.79 Å². The fourth-order valence-electron chi connectivity index (χ4n) is 1.78. The molecule has 2 atom stereocenters. The molecule has 8 heteroatoms. The molecule has 1 aromatic rings. The van der Waals surface area contributed by atoms with Crippen LogP contribution in [0.3, 0.4) is 0 Å². The van der Waals surface area contributed by atoms with Crippen LogP contribution in [0.25, 0.3) is 0 Å². The van der Waals surface area contributed by atoms with Crippen LogP contribution in [0.15, 0.2) is 6.20 Å². The smallest absolute Gasteiger partial charge is 0.358 e. The summed E-state index contributed by atoms with van der Waals surface area (Å²) in [5.74, 6) is -1.11. The minimum atomic E-state index is -1.11. The highest BCUT2D eigenvalue weighted by Gasteiger charge is 2.28. The molecular formula is C9H14N4O4. The topological polar surface area (TPSA) is 112 Å². The molecule has 94 valence electrons. The standard InChI is InChI=1S/C9H14N4O4/c14-7-4-12(5-8(7)15)1-2-13-3-6(9(16)17)10-11-13/h3,7-8,14-15H,1-2,4-5H2,(H,16,17). The van der Waals surface area contributed by atoms with Crippen LogP contribution in [0.1, 0.15) is 10.5 Å². The van der Waals surface area contributed by atoms with Gasteiger partial charge in [-0.1, -0.05) is 5.21 Å². The largest absolute Gasteiger partial charge is 0.476 e. The number of hydrogen-bond donors (Lipinski definition) is 3. The summed E-state index contributed by atoms with van der Waals surface area (Å²) in [5, 5.41) is 34.5. The van der Waals surface area contributed by atoms with Gasteiger partial charge < -0.3 is 15.3 Å². The molecular weight excluding hydrogens is 228 g/mol. The van der Waals surface area contributed by atoms with Crippen molar-refractivity contribution in [1.29, 1.82) is 0 Å². The fraction of sp³-hybridized carbons (Fsp3) is 0.667. The van der Waals surface area contributed by atoms with Crippen LogP contribution in [0.2, 0.25) is 0 Å². The van der Waals surface area contributed by atoms with Crippen LogP contribution < -0.4 is 0 Å². The van der Waals surface area contributed by atoms with Gasteiger partial charge in [-0.15, -0.1) is 5.10 Å². The number of likely N-dealkylation sites (tertiary alicyclic amines) is 1. The van der Waals surface area contributed by atoms with Gasteiger partial charge in [0.1, 0.15) is 0 Å². The molecule has 1 aromatic heterocycles. The molecule has 0 aliphatic carbocycles. The molecule has 2 heterocycles. The average molecular weight is 242 g/mol. The van der Waals surface area contributed by atoms with Gasteiger partial charge in [-0.2, -0.15) is 0 Å². The molecule has 8 nitrogen and oxygen atoms in total. The van der Waals surface area contributed by atoms with E-state index >= 15 is 0 Å². The maximum atomic E-state index is 10.6. The minimum absolute atomic E-state index is 0.0912. The lowest BCUT2D eigenvalue weighted by Gasteiger charge is -2.13. The Labute approximate surface area is 97.1 Å². The summed E-state index contributed by atoms with van der Waals surface area (Å²) in [4.78, 5) is 12.5. The molecule has 1 fully saturated rings. The molecule has 1 saturated heterocycles. The van der Waals surface area contributed by atoms with Crippen LogP contribution >= 0.6 is 0 Å². The van der Waals surface area contributed by atoms with Gasteiger partial charge in [0.15, 0.2) is 5.69 Å². The Balaban J connectivity index is 1.84. The first-order valence-corrected chi connectivity index (χ1v) is 5.28. The Morgan fingerprint density at radius 1 is 1.35 bits per heavy atom. The predicted octanol–water partition coefficient (Wildman–Crippen LogP) is -1.99. The fourth-order valence-corrected chi connectivity index (χ4v) is 1.78. The second-order valence-corrected chi connectivity index (χ2v) is 4.07. The van der Waals surface area contributed by atoms with Crippen molar-refractivity contribution in [3.63, 3.8) is 0 Å². The number of carboxylic acid groups (broad SMARTS) is 1. The van der Waals surface area contributed by atoms with Crippen molar-refractivity contribution < 1.29 is 20.1 Å². The van der Waals surface area contributed by atoms with E-state index in [1.807, 2.05) is 4.90 Å². The number of aromatic carboxylic acids is 1. The summed E-state index contributed by atoms with van der Waals surface area (Å²) in [6, 6.07) is 0. The molecule has 2 rings (SSSR count). The lowest BCUT2D eigenvalue weighted by Crippen LogP contribution is -2.26. The van der Waals surface area contributed by atoms with Crippen LogP contribution in [0, 0.1) is 0 Å². The lowest BCUT2D eigenvalue weighted by atomic mass is 10.3. The number of hydrogen-bond acceptors (Lipinski definition) is 6. The molecule has 17 heavy (non-hydrogen) atoms. The van der Waals surface area contributed by atoms with Crippen molar-refractivity contribution in [3.8, 4) is 0 Å². The number of β-amino-alcohol motifs (C(OH)–C–C–N with tert-alkyl or cyclic N) is 2. The Morgan fingerprint density at radius 2 is 2.00 bits per heavy atom. The third-order valence-electron chi connectivity index (χ3n) is 2.74. The number of aliphatic hydroxyl groups is 2. The van der Waals surface area contributed by atoms with E-state index in [0.717, 1.165) is 0 Å². The van der Waals surface area contributed by atoms with Crippen molar-refractivity contribution in [2.45, 2.75) is 18.8 Å². The van der Waals surface area contributed by atoms with Crippen molar-refractivity contribution in [3.05, 3.63) is 11.9 Å². The number of rotatable bonds is 4. The number of carbonyl (C=O) groups is 1. The molecule has 0 spiro atoms. The average Bonchev–Trinajstić information content (AvgIpc) is 2.84. The van der Waals surface area contributed by atoms with Gasteiger partial charge in [0.25, 0.3) is 0 Å². The van der Waals surface area contributed by atoms with E-state index in [9.17, 15) is 15.0 Å². The SMILES string of the molecule is O=C(O)c1cn(CCN2CC(O)C(O)C2)nn1.